The molecule has 2 fully saturated rings. The number of hydrogen-bond donors (Lipinski definition) is 2. The van der Waals surface area contributed by atoms with Crippen molar-refractivity contribution in [2.24, 2.45) is 17.8 Å². The number of alkyl halides is 3. The van der Waals surface area contributed by atoms with E-state index in [2.05, 4.69) is 15.7 Å². The van der Waals surface area contributed by atoms with E-state index in [-0.39, 0.29) is 35.0 Å². The van der Waals surface area contributed by atoms with E-state index in [1.807, 2.05) is 13.8 Å². The number of likely N-dealkylation sites (N-methyl/N-ethyl adjacent to an activating group) is 1. The minimum Gasteiger partial charge on any atom is -0.377 e. The highest BCUT2D eigenvalue weighted by atomic mass is 19.4. The maximum absolute atomic E-state index is 15.5. The fourth-order valence-electron chi connectivity index (χ4n) is 5.78. The molecule has 4 rings (SSSR count). The Morgan fingerprint density at radius 2 is 1.65 bits per heavy atom. The summed E-state index contributed by atoms with van der Waals surface area (Å²) in [5.74, 6) is -3.29. The van der Waals surface area contributed by atoms with E-state index in [9.17, 15) is 27.6 Å². The summed E-state index contributed by atoms with van der Waals surface area (Å²) in [6.07, 6.45) is 0.754. The maximum atomic E-state index is 15.5. The highest BCUT2D eigenvalue weighted by Gasteiger charge is 2.48. The lowest BCUT2D eigenvalue weighted by atomic mass is 9.88. The molecule has 9 nitrogen and oxygen atoms in total. The molecule has 236 valence electrons. The largest absolute Gasteiger partial charge is 0.406 e. The molecular weight excluding hydrogens is 568 g/mol. The van der Waals surface area contributed by atoms with Crippen molar-refractivity contribution in [1.82, 2.24) is 20.0 Å². The molecule has 0 unspecified atom stereocenters. The van der Waals surface area contributed by atoms with Crippen molar-refractivity contribution < 1.29 is 31.9 Å². The normalized spacial score (nSPS) is 16.7. The van der Waals surface area contributed by atoms with E-state index in [1.165, 1.54) is 19.2 Å². The average Bonchev–Trinajstić information content (AvgIpc) is 3.86. The number of benzene rings is 1. The van der Waals surface area contributed by atoms with Crippen molar-refractivity contribution in [2.45, 2.75) is 70.6 Å². The van der Waals surface area contributed by atoms with Gasteiger partial charge in [0.25, 0.3) is 5.91 Å². The van der Waals surface area contributed by atoms with Crippen molar-refractivity contribution in [1.29, 1.82) is 0 Å². The van der Waals surface area contributed by atoms with Crippen LogP contribution < -0.4 is 15.5 Å². The van der Waals surface area contributed by atoms with Gasteiger partial charge in [0.1, 0.15) is 24.1 Å². The molecule has 0 spiro atoms. The SMILES string of the molecule is CC(C)n1nccc1C(=O)N[C@H](C(=O)Nc1cc(N(C)C)c([C@@H](C)C(=O)N(C)CC(F)(F)F)cc1F)C(C1CC1)C1CC1. The van der Waals surface area contributed by atoms with E-state index < -0.39 is 48.2 Å². The highest BCUT2D eigenvalue weighted by Crippen LogP contribution is 2.51. The lowest BCUT2D eigenvalue weighted by molar-refractivity contribution is -0.159. The van der Waals surface area contributed by atoms with Crippen LogP contribution in [-0.2, 0) is 9.59 Å². The van der Waals surface area contributed by atoms with E-state index in [4.69, 9.17) is 0 Å². The molecule has 2 aromatic rings. The van der Waals surface area contributed by atoms with Gasteiger partial charge in [0.05, 0.1) is 11.6 Å². The van der Waals surface area contributed by atoms with E-state index in [0.717, 1.165) is 38.8 Å². The van der Waals surface area contributed by atoms with Crippen LogP contribution in [0.3, 0.4) is 0 Å². The smallest absolute Gasteiger partial charge is 0.377 e. The number of amides is 3. The van der Waals surface area contributed by atoms with Crippen LogP contribution in [0.5, 0.6) is 0 Å². The Bertz CT molecular complexity index is 1340. The number of nitrogens with zero attached hydrogens (tertiary/aromatic N) is 4. The van der Waals surface area contributed by atoms with Crippen LogP contribution in [0.4, 0.5) is 28.9 Å². The van der Waals surface area contributed by atoms with Crippen LogP contribution in [0, 0.1) is 23.6 Å². The molecule has 0 radical (unpaired) electrons. The maximum Gasteiger partial charge on any atom is 0.406 e. The first-order valence-electron chi connectivity index (χ1n) is 14.6. The van der Waals surface area contributed by atoms with Gasteiger partial charge in [-0.2, -0.15) is 18.3 Å². The third kappa shape index (κ3) is 7.66. The average molecular weight is 609 g/mol. The molecule has 0 aliphatic heterocycles. The van der Waals surface area contributed by atoms with Crippen LogP contribution in [0.2, 0.25) is 0 Å². The van der Waals surface area contributed by atoms with Crippen molar-refractivity contribution in [3.8, 4) is 0 Å². The van der Waals surface area contributed by atoms with Gasteiger partial charge in [-0.15, -0.1) is 0 Å². The van der Waals surface area contributed by atoms with Gasteiger partial charge in [-0.25, -0.2) is 4.39 Å². The number of rotatable bonds is 12. The summed E-state index contributed by atoms with van der Waals surface area (Å²) >= 11 is 0. The van der Waals surface area contributed by atoms with Crippen molar-refractivity contribution in [3.63, 3.8) is 0 Å². The minimum absolute atomic E-state index is 0.0784. The Kier molecular flexibility index (Phi) is 9.41. The molecule has 2 N–H and O–H groups in total. The first kappa shape index (κ1) is 32.3. The highest BCUT2D eigenvalue weighted by molar-refractivity contribution is 6.01. The number of halogens is 4. The predicted octanol–water partition coefficient (Wildman–Crippen LogP) is 4.97. The van der Waals surface area contributed by atoms with Gasteiger partial charge in [0.2, 0.25) is 11.8 Å². The van der Waals surface area contributed by atoms with Gasteiger partial charge in [0.15, 0.2) is 0 Å². The molecule has 0 bridgehead atoms. The Morgan fingerprint density at radius 3 is 2.16 bits per heavy atom. The molecule has 1 aromatic carbocycles. The molecule has 0 saturated heterocycles. The first-order valence-corrected chi connectivity index (χ1v) is 14.6. The number of hydrogen-bond acceptors (Lipinski definition) is 5. The summed E-state index contributed by atoms with van der Waals surface area (Å²) < 4.78 is 55.8. The summed E-state index contributed by atoms with van der Waals surface area (Å²) in [7, 11) is 4.34. The molecule has 2 saturated carbocycles. The second-order valence-corrected chi connectivity index (χ2v) is 12.3. The molecule has 1 heterocycles. The van der Waals surface area contributed by atoms with E-state index in [1.54, 1.807) is 29.7 Å². The monoisotopic (exact) mass is 608 g/mol. The van der Waals surface area contributed by atoms with Crippen molar-refractivity contribution in [2.75, 3.05) is 37.9 Å². The summed E-state index contributed by atoms with van der Waals surface area (Å²) in [6.45, 7) is 3.77. The zero-order valence-electron chi connectivity index (χ0n) is 25.3. The molecule has 2 aliphatic rings. The Balaban J connectivity index is 1.61. The van der Waals surface area contributed by atoms with E-state index in [0.29, 0.717) is 16.3 Å². The molecule has 2 aliphatic carbocycles. The number of carbonyl (C=O) groups is 3. The Morgan fingerprint density at radius 1 is 1.05 bits per heavy atom. The molecule has 43 heavy (non-hydrogen) atoms. The van der Waals surface area contributed by atoms with Crippen LogP contribution >= 0.6 is 0 Å². The summed E-state index contributed by atoms with van der Waals surface area (Å²) in [6, 6.07) is 3.03. The molecule has 2 atom stereocenters. The molecule has 3 amide bonds. The predicted molar refractivity (Wildman–Crippen MR) is 154 cm³/mol. The van der Waals surface area contributed by atoms with Gasteiger partial charge in [-0.3, -0.25) is 19.1 Å². The lowest BCUT2D eigenvalue weighted by Crippen LogP contribution is -2.50. The quantitative estimate of drug-likeness (QED) is 0.332. The standard InChI is InChI=1S/C30H40F4N6O3/c1-16(2)40-23(11-12-35-40)27(41)37-26(25(18-7-8-18)19-9-10-19)28(42)36-22-14-24(38(4)5)20(13-21(22)31)17(3)29(43)39(6)15-30(32,33)34/h11-14,16-19,25-26H,7-10,15H2,1-6H3,(H,36,42)(H,37,41)/t17-,26+/m1/s1. The van der Waals surface area contributed by atoms with E-state index >= 15 is 4.39 Å². The first-order chi connectivity index (χ1) is 20.1. The van der Waals surface area contributed by atoms with Crippen LogP contribution in [-0.4, -0.2) is 72.3 Å². The lowest BCUT2D eigenvalue weighted by Gasteiger charge is -2.29. The minimum atomic E-state index is -4.58. The molecule has 13 heteroatoms. The summed E-state index contributed by atoms with van der Waals surface area (Å²) in [4.78, 5) is 42.2. The Hall–Kier alpha value is -3.64. The zero-order valence-corrected chi connectivity index (χ0v) is 25.3. The van der Waals surface area contributed by atoms with Crippen LogP contribution in [0.1, 0.15) is 74.5 Å². The van der Waals surface area contributed by atoms with Crippen LogP contribution in [0.15, 0.2) is 24.4 Å². The second-order valence-electron chi connectivity index (χ2n) is 12.3. The van der Waals surface area contributed by atoms with Crippen molar-refractivity contribution in [3.05, 3.63) is 41.5 Å². The number of anilines is 2. The summed E-state index contributed by atoms with van der Waals surface area (Å²) in [5.41, 5.74) is 0.704. The number of aromatic nitrogens is 2. The number of carbonyl (C=O) groups excluding carboxylic acids is 3. The molecular formula is C30H40F4N6O3. The van der Waals surface area contributed by atoms with Crippen molar-refractivity contribution >= 4 is 29.1 Å². The van der Waals surface area contributed by atoms with Gasteiger partial charge < -0.3 is 20.4 Å². The van der Waals surface area contributed by atoms with Gasteiger partial charge in [0, 0.05) is 39.1 Å². The Labute approximate surface area is 249 Å². The third-order valence-corrected chi connectivity index (χ3v) is 8.16. The van der Waals surface area contributed by atoms with Gasteiger partial charge in [-0.1, -0.05) is 0 Å². The van der Waals surface area contributed by atoms with Crippen LogP contribution in [0.25, 0.3) is 0 Å². The summed E-state index contributed by atoms with van der Waals surface area (Å²) in [5, 5.41) is 9.81. The fraction of sp³-hybridized carbons (Fsp3) is 0.600. The fourth-order valence-corrected chi connectivity index (χ4v) is 5.78. The molecule has 1 aromatic heterocycles. The van der Waals surface area contributed by atoms with Gasteiger partial charge >= 0.3 is 6.18 Å². The second kappa shape index (κ2) is 12.5. The van der Waals surface area contributed by atoms with Gasteiger partial charge in [-0.05, 0) is 88.0 Å². The zero-order chi connectivity index (χ0) is 31.8. The topological polar surface area (TPSA) is 99.6 Å². The third-order valence-electron chi connectivity index (χ3n) is 8.16. The number of nitrogens with one attached hydrogen (secondary N) is 2.